The van der Waals surface area contributed by atoms with Crippen molar-refractivity contribution in [3.63, 3.8) is 0 Å². The zero-order valence-electron chi connectivity index (χ0n) is 18.4. The third kappa shape index (κ3) is 5.79. The number of benzene rings is 2. The van der Waals surface area contributed by atoms with E-state index >= 15 is 0 Å². The summed E-state index contributed by atoms with van der Waals surface area (Å²) in [6.07, 6.45) is 4.21. The number of nitrogens with one attached hydrogen (secondary N) is 3. The average molecular weight is 544 g/mol. The van der Waals surface area contributed by atoms with Gasteiger partial charge in [-0.3, -0.25) is 0 Å². The number of carbonyl (C=O) groups excluding carboxylic acids is 1. The molecule has 0 spiro atoms. The van der Waals surface area contributed by atoms with Gasteiger partial charge in [0.1, 0.15) is 5.82 Å². The van der Waals surface area contributed by atoms with Crippen molar-refractivity contribution in [2.45, 2.75) is 31.7 Å². The minimum absolute atomic E-state index is 0.146. The molecule has 3 N–H and O–H groups in total. The summed E-state index contributed by atoms with van der Waals surface area (Å²) < 4.78 is 1.14. The molecule has 0 saturated heterocycles. The molecule has 1 heterocycles. The molecule has 0 bridgehead atoms. The van der Waals surface area contributed by atoms with E-state index in [1.807, 2.05) is 61.5 Å². The number of fused-ring (bicyclic) bond motifs is 1. The van der Waals surface area contributed by atoms with Crippen molar-refractivity contribution >= 4 is 57.0 Å². The minimum Gasteiger partial charge on any atom is -0.362 e. The molecule has 0 unspecified atom stereocenters. The van der Waals surface area contributed by atoms with Gasteiger partial charge in [0.05, 0.1) is 5.52 Å². The van der Waals surface area contributed by atoms with Crippen LogP contribution in [0.4, 0.5) is 22.2 Å². The van der Waals surface area contributed by atoms with Crippen LogP contribution in [0.1, 0.15) is 25.7 Å². The van der Waals surface area contributed by atoms with Crippen LogP contribution >= 0.6 is 22.6 Å². The van der Waals surface area contributed by atoms with E-state index in [1.54, 1.807) is 0 Å². The Morgan fingerprint density at radius 2 is 1.75 bits per heavy atom. The van der Waals surface area contributed by atoms with Crippen molar-refractivity contribution in [1.29, 1.82) is 0 Å². The Morgan fingerprint density at radius 1 is 1.03 bits per heavy atom. The SMILES string of the molecule is CN(C)c1nc(NC2CCC(CNC(=O)Nc3ccc(I)cc3)CC2)nc2ccccc12. The fraction of sp³-hybridized carbons (Fsp3) is 0.375. The van der Waals surface area contributed by atoms with Crippen LogP contribution in [0.15, 0.2) is 48.5 Å². The number of para-hydroxylation sites is 1. The third-order valence-corrected chi connectivity index (χ3v) is 6.56. The number of hydrogen-bond donors (Lipinski definition) is 3. The predicted molar refractivity (Wildman–Crippen MR) is 139 cm³/mol. The molecule has 1 aliphatic carbocycles. The van der Waals surface area contributed by atoms with Crippen molar-refractivity contribution in [2.75, 3.05) is 36.2 Å². The van der Waals surface area contributed by atoms with Gasteiger partial charge in [-0.15, -0.1) is 0 Å². The summed E-state index contributed by atoms with van der Waals surface area (Å²) in [5, 5.41) is 10.5. The lowest BCUT2D eigenvalue weighted by molar-refractivity contribution is 0.246. The monoisotopic (exact) mass is 544 g/mol. The van der Waals surface area contributed by atoms with Crippen LogP contribution in [0.2, 0.25) is 0 Å². The molecule has 2 aromatic carbocycles. The fourth-order valence-electron chi connectivity index (χ4n) is 4.10. The lowest BCUT2D eigenvalue weighted by atomic mass is 9.86. The topological polar surface area (TPSA) is 82.2 Å². The van der Waals surface area contributed by atoms with Gasteiger partial charge in [-0.1, -0.05) is 12.1 Å². The number of urea groups is 1. The molecule has 1 fully saturated rings. The second kappa shape index (κ2) is 10.3. The molecule has 1 aromatic heterocycles. The summed E-state index contributed by atoms with van der Waals surface area (Å²) in [7, 11) is 4.01. The van der Waals surface area contributed by atoms with Crippen molar-refractivity contribution in [3.8, 4) is 0 Å². The minimum atomic E-state index is -0.146. The van der Waals surface area contributed by atoms with E-state index in [9.17, 15) is 4.79 Å². The summed E-state index contributed by atoms with van der Waals surface area (Å²) in [6.45, 7) is 0.695. The summed E-state index contributed by atoms with van der Waals surface area (Å²) >= 11 is 2.25. The fourth-order valence-corrected chi connectivity index (χ4v) is 4.46. The molecule has 8 heteroatoms. The van der Waals surface area contributed by atoms with Gasteiger partial charge in [0.15, 0.2) is 0 Å². The van der Waals surface area contributed by atoms with Gasteiger partial charge >= 0.3 is 6.03 Å². The van der Waals surface area contributed by atoms with Crippen molar-refractivity contribution in [3.05, 3.63) is 52.1 Å². The Bertz CT molecular complexity index is 1060. The zero-order valence-corrected chi connectivity index (χ0v) is 20.6. The quantitative estimate of drug-likeness (QED) is 0.377. The molecular weight excluding hydrogens is 515 g/mol. The van der Waals surface area contributed by atoms with Crippen LogP contribution in [0.5, 0.6) is 0 Å². The van der Waals surface area contributed by atoms with E-state index in [0.29, 0.717) is 24.5 Å². The summed E-state index contributed by atoms with van der Waals surface area (Å²) in [6, 6.07) is 16.1. The molecule has 32 heavy (non-hydrogen) atoms. The maximum Gasteiger partial charge on any atom is 0.319 e. The second-order valence-electron chi connectivity index (χ2n) is 8.49. The van der Waals surface area contributed by atoms with E-state index in [-0.39, 0.29) is 6.03 Å². The van der Waals surface area contributed by atoms with Crippen LogP contribution in [0.25, 0.3) is 10.9 Å². The molecule has 0 aliphatic heterocycles. The van der Waals surface area contributed by atoms with Crippen LogP contribution in [0.3, 0.4) is 0 Å². The number of carbonyl (C=O) groups is 1. The largest absolute Gasteiger partial charge is 0.362 e. The van der Waals surface area contributed by atoms with E-state index in [4.69, 9.17) is 9.97 Å². The standard InChI is InChI=1S/C24H29IN6O/c1-31(2)22-20-5-3-4-6-21(20)29-23(30-22)27-18-11-7-16(8-12-18)15-26-24(32)28-19-13-9-17(25)10-14-19/h3-6,9-10,13-14,16,18H,7-8,11-12,15H2,1-2H3,(H2,26,28,32)(H,27,29,30). The Labute approximate surface area is 202 Å². The zero-order chi connectivity index (χ0) is 22.5. The molecule has 0 radical (unpaired) electrons. The number of hydrogen-bond acceptors (Lipinski definition) is 5. The first-order valence-electron chi connectivity index (χ1n) is 11.0. The van der Waals surface area contributed by atoms with Gasteiger partial charge in [0.25, 0.3) is 0 Å². The maximum absolute atomic E-state index is 12.2. The van der Waals surface area contributed by atoms with Crippen molar-refractivity contribution in [1.82, 2.24) is 15.3 Å². The maximum atomic E-state index is 12.2. The molecule has 0 atom stereocenters. The summed E-state index contributed by atoms with van der Waals surface area (Å²) in [5.74, 6) is 2.10. The highest BCUT2D eigenvalue weighted by Crippen LogP contribution is 2.28. The molecular formula is C24H29IN6O. The third-order valence-electron chi connectivity index (χ3n) is 5.84. The average Bonchev–Trinajstić information content (AvgIpc) is 2.79. The predicted octanol–water partition coefficient (Wildman–Crippen LogP) is 5.09. The summed E-state index contributed by atoms with van der Waals surface area (Å²) in [4.78, 5) is 23.7. The van der Waals surface area contributed by atoms with Crippen LogP contribution in [-0.2, 0) is 0 Å². The number of anilines is 3. The smallest absolute Gasteiger partial charge is 0.319 e. The highest BCUT2D eigenvalue weighted by molar-refractivity contribution is 14.1. The van der Waals surface area contributed by atoms with E-state index < -0.39 is 0 Å². The number of aromatic nitrogens is 2. The molecule has 2 amide bonds. The Balaban J connectivity index is 1.27. The number of amides is 2. The van der Waals surface area contributed by atoms with Crippen LogP contribution < -0.4 is 20.9 Å². The Kier molecular flexibility index (Phi) is 7.29. The van der Waals surface area contributed by atoms with Crippen molar-refractivity contribution in [2.24, 2.45) is 5.92 Å². The van der Waals surface area contributed by atoms with E-state index in [2.05, 4.69) is 44.6 Å². The van der Waals surface area contributed by atoms with Crippen LogP contribution in [-0.4, -0.2) is 42.7 Å². The molecule has 7 nitrogen and oxygen atoms in total. The molecule has 4 rings (SSSR count). The Hall–Kier alpha value is -2.62. The van der Waals surface area contributed by atoms with Crippen molar-refractivity contribution < 1.29 is 4.79 Å². The molecule has 168 valence electrons. The molecule has 3 aromatic rings. The normalized spacial score (nSPS) is 18.2. The first-order valence-corrected chi connectivity index (χ1v) is 12.1. The van der Waals surface area contributed by atoms with E-state index in [0.717, 1.165) is 51.7 Å². The van der Waals surface area contributed by atoms with Gasteiger partial charge in [-0.25, -0.2) is 9.78 Å². The van der Waals surface area contributed by atoms with Gasteiger partial charge in [-0.05, 0) is 90.6 Å². The van der Waals surface area contributed by atoms with Gasteiger partial charge < -0.3 is 20.9 Å². The second-order valence-corrected chi connectivity index (χ2v) is 9.73. The van der Waals surface area contributed by atoms with E-state index in [1.165, 1.54) is 0 Å². The number of nitrogens with zero attached hydrogens (tertiary/aromatic N) is 3. The Morgan fingerprint density at radius 3 is 2.47 bits per heavy atom. The van der Waals surface area contributed by atoms with Gasteiger partial charge in [-0.2, -0.15) is 4.98 Å². The molecule has 1 aliphatic rings. The first kappa shape index (κ1) is 22.6. The highest BCUT2D eigenvalue weighted by atomic mass is 127. The van der Waals surface area contributed by atoms with Gasteiger partial charge in [0, 0.05) is 41.3 Å². The molecule has 1 saturated carbocycles. The first-order chi connectivity index (χ1) is 15.5. The lowest BCUT2D eigenvalue weighted by Crippen LogP contribution is -2.36. The van der Waals surface area contributed by atoms with Gasteiger partial charge in [0.2, 0.25) is 5.95 Å². The lowest BCUT2D eigenvalue weighted by Gasteiger charge is -2.29. The highest BCUT2D eigenvalue weighted by Gasteiger charge is 2.22. The van der Waals surface area contributed by atoms with Crippen LogP contribution in [0, 0.1) is 9.49 Å². The summed E-state index contributed by atoms with van der Waals surface area (Å²) in [5.41, 5.74) is 1.76. The number of rotatable bonds is 6. The number of halogens is 1.